The van der Waals surface area contributed by atoms with Gasteiger partial charge in [0.05, 0.1) is 17.1 Å². The summed E-state index contributed by atoms with van der Waals surface area (Å²) >= 11 is 8.89. The molecule has 0 aliphatic rings. The molecule has 0 radical (unpaired) electrons. The molecule has 0 amide bonds. The molecule has 7 heteroatoms. The molecule has 1 aromatic carbocycles. The van der Waals surface area contributed by atoms with Crippen LogP contribution in [0.4, 0.5) is 5.69 Å². The number of nitro benzene ring substituents is 1. The van der Waals surface area contributed by atoms with Gasteiger partial charge in [0.1, 0.15) is 5.02 Å². The lowest BCUT2D eigenvalue weighted by Gasteiger charge is -2.07. The monoisotopic (exact) mass is 321 g/mol. The van der Waals surface area contributed by atoms with Gasteiger partial charge in [-0.05, 0) is 18.6 Å². The number of hydrogen-bond acceptors (Lipinski definition) is 4. The molecule has 0 aliphatic carbocycles. The van der Waals surface area contributed by atoms with Crippen molar-refractivity contribution in [1.29, 1.82) is 0 Å². The molecule has 0 heterocycles. The molecule has 0 aromatic heterocycles. The molecule has 1 rings (SSSR count). The second-order valence-corrected chi connectivity index (χ2v) is 4.04. The summed E-state index contributed by atoms with van der Waals surface area (Å²) in [7, 11) is 0. The van der Waals surface area contributed by atoms with Gasteiger partial charge in [-0.1, -0.05) is 27.5 Å². The minimum absolute atomic E-state index is 0.0808. The van der Waals surface area contributed by atoms with Crippen molar-refractivity contribution in [3.05, 3.63) is 38.4 Å². The fraction of sp³-hybridized carbons (Fsp3) is 0.300. The third kappa shape index (κ3) is 3.17. The number of carbonyl (C=O) groups is 1. The molecular weight excluding hydrogens is 313 g/mol. The molecule has 92 valence electrons. The van der Waals surface area contributed by atoms with E-state index in [1.54, 1.807) is 6.92 Å². The van der Waals surface area contributed by atoms with Crippen molar-refractivity contribution >= 4 is 39.2 Å². The zero-order valence-corrected chi connectivity index (χ0v) is 11.2. The summed E-state index contributed by atoms with van der Waals surface area (Å²) in [4.78, 5) is 21.7. The summed E-state index contributed by atoms with van der Waals surface area (Å²) in [6, 6.07) is 2.53. The van der Waals surface area contributed by atoms with Gasteiger partial charge in [-0.15, -0.1) is 0 Å². The molecule has 0 N–H and O–H groups in total. The summed E-state index contributed by atoms with van der Waals surface area (Å²) in [6.45, 7) is 1.91. The van der Waals surface area contributed by atoms with Crippen LogP contribution in [0.5, 0.6) is 0 Å². The molecule has 5 nitrogen and oxygen atoms in total. The van der Waals surface area contributed by atoms with Gasteiger partial charge in [0.25, 0.3) is 5.69 Å². The van der Waals surface area contributed by atoms with Crippen molar-refractivity contribution < 1.29 is 14.5 Å². The molecule has 0 fully saturated rings. The van der Waals surface area contributed by atoms with E-state index in [9.17, 15) is 14.9 Å². The SMILES string of the molecule is CCOC(=O)c1cc(Cl)c([N+](=O)[O-])cc1CBr. The fourth-order valence-electron chi connectivity index (χ4n) is 1.25. The Balaban J connectivity index is 3.28. The van der Waals surface area contributed by atoms with E-state index in [1.165, 1.54) is 12.1 Å². The van der Waals surface area contributed by atoms with Crippen LogP contribution in [-0.2, 0) is 10.1 Å². The summed E-state index contributed by atoms with van der Waals surface area (Å²) in [5.41, 5.74) is 0.480. The quantitative estimate of drug-likeness (QED) is 0.369. The average Bonchev–Trinajstić information content (AvgIpc) is 2.28. The predicted octanol–water partition coefficient (Wildman–Crippen LogP) is 3.32. The van der Waals surface area contributed by atoms with Crippen molar-refractivity contribution in [2.24, 2.45) is 0 Å². The first-order valence-electron chi connectivity index (χ1n) is 4.71. The third-order valence-corrected chi connectivity index (χ3v) is 2.92. The van der Waals surface area contributed by atoms with Crippen molar-refractivity contribution in [2.45, 2.75) is 12.3 Å². The number of esters is 1. The van der Waals surface area contributed by atoms with Crippen molar-refractivity contribution in [3.8, 4) is 0 Å². The zero-order valence-electron chi connectivity index (χ0n) is 8.91. The van der Waals surface area contributed by atoms with Crippen LogP contribution >= 0.6 is 27.5 Å². The van der Waals surface area contributed by atoms with E-state index in [4.69, 9.17) is 16.3 Å². The Morgan fingerprint density at radius 1 is 1.59 bits per heavy atom. The highest BCUT2D eigenvalue weighted by atomic mass is 79.9. The van der Waals surface area contributed by atoms with Crippen molar-refractivity contribution in [1.82, 2.24) is 0 Å². The molecule has 1 aromatic rings. The van der Waals surface area contributed by atoms with E-state index in [0.29, 0.717) is 10.9 Å². The van der Waals surface area contributed by atoms with Gasteiger partial charge >= 0.3 is 5.97 Å². The molecule has 0 spiro atoms. The van der Waals surface area contributed by atoms with Crippen molar-refractivity contribution in [2.75, 3.05) is 6.61 Å². The van der Waals surface area contributed by atoms with E-state index >= 15 is 0 Å². The lowest BCUT2D eigenvalue weighted by Crippen LogP contribution is -2.08. The van der Waals surface area contributed by atoms with Gasteiger partial charge in [0, 0.05) is 11.4 Å². The van der Waals surface area contributed by atoms with Crippen molar-refractivity contribution in [3.63, 3.8) is 0 Å². The summed E-state index contributed by atoms with van der Waals surface area (Å²) < 4.78 is 4.84. The number of ether oxygens (including phenoxy) is 1. The number of benzene rings is 1. The standard InChI is InChI=1S/C10H9BrClNO4/c1-2-17-10(14)7-4-8(12)9(13(15)16)3-6(7)5-11/h3-4H,2,5H2,1H3. The first kappa shape index (κ1) is 13.9. The number of nitrogens with zero attached hydrogens (tertiary/aromatic N) is 1. The maximum absolute atomic E-state index is 11.6. The van der Waals surface area contributed by atoms with Gasteiger partial charge in [0.2, 0.25) is 0 Å². The summed E-state index contributed by atoms with van der Waals surface area (Å²) in [6.07, 6.45) is 0. The topological polar surface area (TPSA) is 69.4 Å². The van der Waals surface area contributed by atoms with E-state index in [0.717, 1.165) is 0 Å². The van der Waals surface area contributed by atoms with Crippen LogP contribution in [0.25, 0.3) is 0 Å². The lowest BCUT2D eigenvalue weighted by molar-refractivity contribution is -0.384. The number of alkyl halides is 1. The molecule has 0 saturated heterocycles. The Morgan fingerprint density at radius 3 is 2.71 bits per heavy atom. The fourth-order valence-corrected chi connectivity index (χ4v) is 1.95. The van der Waals surface area contributed by atoms with Crippen LogP contribution in [0.2, 0.25) is 5.02 Å². The van der Waals surface area contributed by atoms with Crippen LogP contribution < -0.4 is 0 Å². The Morgan fingerprint density at radius 2 is 2.24 bits per heavy atom. The molecule has 0 bridgehead atoms. The summed E-state index contributed by atoms with van der Waals surface area (Å²) in [5.74, 6) is -0.543. The summed E-state index contributed by atoms with van der Waals surface area (Å²) in [5, 5.41) is 10.9. The molecule has 0 aliphatic heterocycles. The number of carbonyl (C=O) groups excluding carboxylic acids is 1. The predicted molar refractivity (Wildman–Crippen MR) is 66.7 cm³/mol. The van der Waals surface area contributed by atoms with Gasteiger partial charge in [-0.25, -0.2) is 4.79 Å². The normalized spacial score (nSPS) is 10.1. The van der Waals surface area contributed by atoms with Crippen LogP contribution in [0.3, 0.4) is 0 Å². The van der Waals surface area contributed by atoms with E-state index in [-0.39, 0.29) is 22.9 Å². The first-order chi connectivity index (χ1) is 8.01. The van der Waals surface area contributed by atoms with Gasteiger partial charge in [-0.3, -0.25) is 10.1 Å². The van der Waals surface area contributed by atoms with Gasteiger partial charge in [0.15, 0.2) is 0 Å². The number of hydrogen-bond donors (Lipinski definition) is 0. The molecule has 0 saturated carbocycles. The van der Waals surface area contributed by atoms with Crippen LogP contribution in [-0.4, -0.2) is 17.5 Å². The number of rotatable bonds is 4. The van der Waals surface area contributed by atoms with Gasteiger partial charge in [-0.2, -0.15) is 0 Å². The Bertz CT molecular complexity index is 464. The number of nitro groups is 1. The number of halogens is 2. The maximum Gasteiger partial charge on any atom is 0.338 e. The second-order valence-electron chi connectivity index (χ2n) is 3.07. The third-order valence-electron chi connectivity index (χ3n) is 2.01. The molecular formula is C10H9BrClNO4. The minimum Gasteiger partial charge on any atom is -0.462 e. The highest BCUT2D eigenvalue weighted by molar-refractivity contribution is 9.08. The maximum atomic E-state index is 11.6. The Hall–Kier alpha value is -1.14. The lowest BCUT2D eigenvalue weighted by atomic mass is 10.1. The second kappa shape index (κ2) is 5.97. The van der Waals surface area contributed by atoms with E-state index < -0.39 is 10.9 Å². The van der Waals surface area contributed by atoms with Crippen LogP contribution in [0.1, 0.15) is 22.8 Å². The minimum atomic E-state index is -0.594. The van der Waals surface area contributed by atoms with E-state index in [1.807, 2.05) is 0 Å². The molecule has 0 atom stereocenters. The smallest absolute Gasteiger partial charge is 0.338 e. The molecule has 0 unspecified atom stereocenters. The highest BCUT2D eigenvalue weighted by Crippen LogP contribution is 2.29. The van der Waals surface area contributed by atoms with Crippen LogP contribution in [0, 0.1) is 10.1 Å². The molecule has 17 heavy (non-hydrogen) atoms. The van der Waals surface area contributed by atoms with Crippen LogP contribution in [0.15, 0.2) is 12.1 Å². The van der Waals surface area contributed by atoms with E-state index in [2.05, 4.69) is 15.9 Å². The Kier molecular flexibility index (Phi) is 4.89. The first-order valence-corrected chi connectivity index (χ1v) is 6.21. The zero-order chi connectivity index (χ0) is 13.0. The largest absolute Gasteiger partial charge is 0.462 e. The highest BCUT2D eigenvalue weighted by Gasteiger charge is 2.20. The average molecular weight is 323 g/mol. The Labute approximate surface area is 111 Å². The van der Waals surface area contributed by atoms with Gasteiger partial charge < -0.3 is 4.74 Å².